The highest BCUT2D eigenvalue weighted by Gasteiger charge is 2.08. The highest BCUT2D eigenvalue weighted by molar-refractivity contribution is 5.93. The van der Waals surface area contributed by atoms with Crippen LogP contribution in [0.4, 0.5) is 0 Å². The Morgan fingerprint density at radius 2 is 2.29 bits per heavy atom. The van der Waals surface area contributed by atoms with Gasteiger partial charge in [0.05, 0.1) is 18.3 Å². The van der Waals surface area contributed by atoms with Crippen LogP contribution in [-0.4, -0.2) is 41.4 Å². The van der Waals surface area contributed by atoms with Gasteiger partial charge >= 0.3 is 5.97 Å². The van der Waals surface area contributed by atoms with E-state index in [0.717, 1.165) is 5.39 Å². The second-order valence-electron chi connectivity index (χ2n) is 3.44. The largest absolute Gasteiger partial charge is 0.477 e. The Kier molecular flexibility index (Phi) is 3.24. The van der Waals surface area contributed by atoms with Crippen molar-refractivity contribution in [3.8, 4) is 5.88 Å². The summed E-state index contributed by atoms with van der Waals surface area (Å²) in [6.07, 6.45) is 1.55. The van der Waals surface area contributed by atoms with E-state index in [-0.39, 0.29) is 5.69 Å². The van der Waals surface area contributed by atoms with Crippen molar-refractivity contribution < 1.29 is 19.4 Å². The molecule has 2 heterocycles. The van der Waals surface area contributed by atoms with Crippen LogP contribution in [0.25, 0.3) is 10.9 Å². The molecule has 2 N–H and O–H groups in total. The summed E-state index contributed by atoms with van der Waals surface area (Å²) < 4.78 is 10.2. The third-order valence-electron chi connectivity index (χ3n) is 2.25. The molecule has 2 aromatic heterocycles. The van der Waals surface area contributed by atoms with Gasteiger partial charge < -0.3 is 19.6 Å². The number of ether oxygens (including phenoxy) is 2. The molecule has 6 heteroatoms. The standard InChI is InChI=1S/C11H12N2O4/c1-16-2-3-17-10-5-7-4-8(11(14)15)13-9(7)6-12-10/h4-6,13H,2-3H2,1H3,(H,14,15). The van der Waals surface area contributed by atoms with Crippen molar-refractivity contribution in [3.05, 3.63) is 24.0 Å². The second-order valence-corrected chi connectivity index (χ2v) is 3.44. The second kappa shape index (κ2) is 4.84. The molecule has 2 aromatic rings. The molecule has 0 aromatic carbocycles. The Morgan fingerprint density at radius 1 is 1.47 bits per heavy atom. The first-order valence-corrected chi connectivity index (χ1v) is 5.04. The van der Waals surface area contributed by atoms with Crippen molar-refractivity contribution >= 4 is 16.9 Å². The maximum absolute atomic E-state index is 10.8. The molecule has 0 spiro atoms. The van der Waals surface area contributed by atoms with Crippen molar-refractivity contribution in [1.82, 2.24) is 9.97 Å². The van der Waals surface area contributed by atoms with Crippen LogP contribution in [0, 0.1) is 0 Å². The molecule has 0 aliphatic rings. The van der Waals surface area contributed by atoms with Gasteiger partial charge in [0.25, 0.3) is 0 Å². The monoisotopic (exact) mass is 236 g/mol. The molecule has 0 fully saturated rings. The van der Waals surface area contributed by atoms with Crippen LogP contribution in [0.1, 0.15) is 10.5 Å². The first kappa shape index (κ1) is 11.4. The van der Waals surface area contributed by atoms with Crippen LogP contribution in [0.3, 0.4) is 0 Å². The zero-order valence-corrected chi connectivity index (χ0v) is 9.27. The number of carboxylic acid groups (broad SMARTS) is 1. The Bertz CT molecular complexity index is 535. The van der Waals surface area contributed by atoms with E-state index in [4.69, 9.17) is 14.6 Å². The zero-order chi connectivity index (χ0) is 12.3. The molecular formula is C11H12N2O4. The summed E-state index contributed by atoms with van der Waals surface area (Å²) in [7, 11) is 1.59. The lowest BCUT2D eigenvalue weighted by Crippen LogP contribution is -2.04. The maximum Gasteiger partial charge on any atom is 0.352 e. The van der Waals surface area contributed by atoms with Gasteiger partial charge in [-0.15, -0.1) is 0 Å². The molecule has 90 valence electrons. The molecule has 6 nitrogen and oxygen atoms in total. The summed E-state index contributed by atoms with van der Waals surface area (Å²) in [5.41, 5.74) is 0.803. The van der Waals surface area contributed by atoms with Gasteiger partial charge in [-0.3, -0.25) is 0 Å². The molecule has 0 saturated heterocycles. The molecule has 0 radical (unpaired) electrons. The molecule has 0 bridgehead atoms. The molecule has 0 amide bonds. The predicted octanol–water partition coefficient (Wildman–Crippen LogP) is 1.29. The minimum Gasteiger partial charge on any atom is -0.477 e. The van der Waals surface area contributed by atoms with Crippen LogP contribution < -0.4 is 4.74 Å². The third-order valence-corrected chi connectivity index (χ3v) is 2.25. The van der Waals surface area contributed by atoms with E-state index < -0.39 is 5.97 Å². The Labute approximate surface area is 97.2 Å². The van der Waals surface area contributed by atoms with Crippen LogP contribution >= 0.6 is 0 Å². The zero-order valence-electron chi connectivity index (χ0n) is 9.27. The van der Waals surface area contributed by atoms with Crippen LogP contribution in [0.15, 0.2) is 18.3 Å². The van der Waals surface area contributed by atoms with Gasteiger partial charge in [0, 0.05) is 18.6 Å². The van der Waals surface area contributed by atoms with Crippen molar-refractivity contribution in [2.45, 2.75) is 0 Å². The lowest BCUT2D eigenvalue weighted by Gasteiger charge is -2.03. The fraction of sp³-hybridized carbons (Fsp3) is 0.273. The smallest absolute Gasteiger partial charge is 0.352 e. The molecule has 17 heavy (non-hydrogen) atoms. The Balaban J connectivity index is 2.21. The minimum atomic E-state index is -0.997. The van der Waals surface area contributed by atoms with Crippen LogP contribution in [0.2, 0.25) is 0 Å². The number of aromatic carboxylic acids is 1. The van der Waals surface area contributed by atoms with Gasteiger partial charge in [-0.1, -0.05) is 0 Å². The number of nitrogens with zero attached hydrogens (tertiary/aromatic N) is 1. The molecule has 2 rings (SSSR count). The number of H-pyrrole nitrogens is 1. The summed E-state index contributed by atoms with van der Waals surface area (Å²) >= 11 is 0. The number of aromatic amines is 1. The minimum absolute atomic E-state index is 0.135. The fourth-order valence-corrected chi connectivity index (χ4v) is 1.43. The van der Waals surface area contributed by atoms with Gasteiger partial charge in [-0.05, 0) is 6.07 Å². The van der Waals surface area contributed by atoms with E-state index >= 15 is 0 Å². The van der Waals surface area contributed by atoms with E-state index in [9.17, 15) is 4.79 Å². The average Bonchev–Trinajstić information content (AvgIpc) is 2.72. The van der Waals surface area contributed by atoms with E-state index in [1.807, 2.05) is 0 Å². The van der Waals surface area contributed by atoms with Gasteiger partial charge in [-0.25, -0.2) is 9.78 Å². The Hall–Kier alpha value is -2.08. The maximum atomic E-state index is 10.8. The molecule has 0 aliphatic heterocycles. The van der Waals surface area contributed by atoms with Crippen molar-refractivity contribution in [2.24, 2.45) is 0 Å². The fourth-order valence-electron chi connectivity index (χ4n) is 1.43. The van der Waals surface area contributed by atoms with Crippen molar-refractivity contribution in [1.29, 1.82) is 0 Å². The number of rotatable bonds is 5. The van der Waals surface area contributed by atoms with E-state index in [1.165, 1.54) is 0 Å². The number of carboxylic acids is 1. The number of fused-ring (bicyclic) bond motifs is 1. The summed E-state index contributed by atoms with van der Waals surface area (Å²) in [5.74, 6) is -0.548. The number of methoxy groups -OCH3 is 1. The summed E-state index contributed by atoms with van der Waals surface area (Å²) in [4.78, 5) is 17.6. The topological polar surface area (TPSA) is 84.4 Å². The van der Waals surface area contributed by atoms with E-state index in [1.54, 1.807) is 25.4 Å². The summed E-state index contributed by atoms with van der Waals surface area (Å²) in [5, 5.41) is 9.58. The molecule has 0 saturated carbocycles. The highest BCUT2D eigenvalue weighted by Crippen LogP contribution is 2.19. The van der Waals surface area contributed by atoms with Crippen molar-refractivity contribution in [2.75, 3.05) is 20.3 Å². The first-order chi connectivity index (χ1) is 8.20. The molecule has 0 aliphatic carbocycles. The summed E-state index contributed by atoms with van der Waals surface area (Å²) in [6.45, 7) is 0.887. The summed E-state index contributed by atoms with van der Waals surface area (Å²) in [6, 6.07) is 3.23. The van der Waals surface area contributed by atoms with E-state index in [2.05, 4.69) is 9.97 Å². The highest BCUT2D eigenvalue weighted by atomic mass is 16.5. The lowest BCUT2D eigenvalue weighted by molar-refractivity contribution is 0.0691. The normalized spacial score (nSPS) is 10.6. The number of pyridine rings is 1. The van der Waals surface area contributed by atoms with Gasteiger partial charge in [-0.2, -0.15) is 0 Å². The van der Waals surface area contributed by atoms with Gasteiger partial charge in [0.2, 0.25) is 5.88 Å². The molecule has 0 atom stereocenters. The SMILES string of the molecule is COCCOc1cc2cc(C(=O)O)[nH]c2cn1. The van der Waals surface area contributed by atoms with E-state index in [0.29, 0.717) is 24.6 Å². The predicted molar refractivity (Wildman–Crippen MR) is 60.4 cm³/mol. The number of aromatic nitrogens is 2. The number of hydrogen-bond acceptors (Lipinski definition) is 4. The molecule has 0 unspecified atom stereocenters. The molecular weight excluding hydrogens is 224 g/mol. The van der Waals surface area contributed by atoms with Crippen LogP contribution in [-0.2, 0) is 4.74 Å². The lowest BCUT2D eigenvalue weighted by atomic mass is 10.3. The average molecular weight is 236 g/mol. The van der Waals surface area contributed by atoms with Crippen LogP contribution in [0.5, 0.6) is 5.88 Å². The first-order valence-electron chi connectivity index (χ1n) is 5.04. The van der Waals surface area contributed by atoms with Gasteiger partial charge in [0.15, 0.2) is 0 Å². The van der Waals surface area contributed by atoms with Crippen molar-refractivity contribution in [3.63, 3.8) is 0 Å². The van der Waals surface area contributed by atoms with Gasteiger partial charge in [0.1, 0.15) is 12.3 Å². The number of nitrogens with one attached hydrogen (secondary N) is 1. The number of hydrogen-bond donors (Lipinski definition) is 2. The quantitative estimate of drug-likeness (QED) is 0.764. The third kappa shape index (κ3) is 2.54. The number of carbonyl (C=O) groups is 1. The Morgan fingerprint density at radius 3 is 3.00 bits per heavy atom.